The summed E-state index contributed by atoms with van der Waals surface area (Å²) in [6.07, 6.45) is 1.92. The minimum absolute atomic E-state index is 0. The van der Waals surface area contributed by atoms with Gasteiger partial charge in [-0.2, -0.15) is 0 Å². The molecule has 1 aromatic rings. The molecule has 0 amide bonds. The van der Waals surface area contributed by atoms with Gasteiger partial charge in [-0.15, -0.1) is 12.4 Å². The van der Waals surface area contributed by atoms with Crippen LogP contribution < -0.4 is 11.5 Å². The van der Waals surface area contributed by atoms with E-state index in [4.69, 9.17) is 11.5 Å². The Morgan fingerprint density at radius 3 is 2.60 bits per heavy atom. The van der Waals surface area contributed by atoms with E-state index < -0.39 is 0 Å². The van der Waals surface area contributed by atoms with Crippen molar-refractivity contribution in [3.05, 3.63) is 33.8 Å². The fourth-order valence-corrected chi connectivity index (χ4v) is 2.21. The molecule has 0 fully saturated rings. The lowest BCUT2D eigenvalue weighted by atomic mass is 10.0. The van der Waals surface area contributed by atoms with E-state index in [9.17, 15) is 0 Å². The molecule has 0 heterocycles. The van der Waals surface area contributed by atoms with Crippen molar-refractivity contribution in [3.63, 3.8) is 0 Å². The van der Waals surface area contributed by atoms with Crippen molar-refractivity contribution in [3.8, 4) is 0 Å². The lowest BCUT2D eigenvalue weighted by Gasteiger charge is -2.13. The first-order chi connectivity index (χ1) is 6.65. The normalized spacial score (nSPS) is 12.0. The van der Waals surface area contributed by atoms with Crippen molar-refractivity contribution in [2.45, 2.75) is 25.8 Å². The third-order valence-corrected chi connectivity index (χ3v) is 2.96. The molecular weight excluding hydrogens is 275 g/mol. The standard InChI is InChI=1S/C11H17BrN2.ClH/c1-8-4-5-9(10(12)7-8)11(14)3-2-6-13;/h4-5,7,11H,2-3,6,13-14H2,1H3;1H/t11-;/m1./s1. The molecule has 0 saturated heterocycles. The Hall–Kier alpha value is -0.0900. The van der Waals surface area contributed by atoms with Crippen LogP contribution in [0.5, 0.6) is 0 Å². The Morgan fingerprint density at radius 1 is 1.40 bits per heavy atom. The summed E-state index contributed by atoms with van der Waals surface area (Å²) in [7, 11) is 0. The zero-order valence-corrected chi connectivity index (χ0v) is 11.3. The fraction of sp³-hybridized carbons (Fsp3) is 0.455. The van der Waals surface area contributed by atoms with Crippen LogP contribution in [-0.2, 0) is 0 Å². The summed E-state index contributed by atoms with van der Waals surface area (Å²) in [6, 6.07) is 6.36. The number of aryl methyl sites for hydroxylation is 1. The molecule has 15 heavy (non-hydrogen) atoms. The van der Waals surface area contributed by atoms with Crippen LogP contribution in [0, 0.1) is 6.92 Å². The quantitative estimate of drug-likeness (QED) is 0.897. The highest BCUT2D eigenvalue weighted by atomic mass is 79.9. The van der Waals surface area contributed by atoms with Gasteiger partial charge in [-0.25, -0.2) is 0 Å². The molecule has 4 heteroatoms. The van der Waals surface area contributed by atoms with Crippen LogP contribution in [-0.4, -0.2) is 6.54 Å². The number of hydrogen-bond donors (Lipinski definition) is 2. The van der Waals surface area contributed by atoms with Gasteiger partial charge in [0, 0.05) is 10.5 Å². The molecule has 0 spiro atoms. The predicted molar refractivity (Wildman–Crippen MR) is 71.3 cm³/mol. The molecule has 0 unspecified atom stereocenters. The number of hydrogen-bond acceptors (Lipinski definition) is 2. The second-order valence-electron chi connectivity index (χ2n) is 3.56. The van der Waals surface area contributed by atoms with Gasteiger partial charge in [0.25, 0.3) is 0 Å². The van der Waals surface area contributed by atoms with E-state index in [0.29, 0.717) is 6.54 Å². The van der Waals surface area contributed by atoms with Crippen LogP contribution in [0.3, 0.4) is 0 Å². The molecule has 0 radical (unpaired) electrons. The van der Waals surface area contributed by atoms with Gasteiger partial charge >= 0.3 is 0 Å². The van der Waals surface area contributed by atoms with E-state index in [0.717, 1.165) is 17.3 Å². The van der Waals surface area contributed by atoms with E-state index in [1.165, 1.54) is 11.1 Å². The first-order valence-electron chi connectivity index (χ1n) is 4.87. The summed E-state index contributed by atoms with van der Waals surface area (Å²) in [6.45, 7) is 2.77. The van der Waals surface area contributed by atoms with Crippen LogP contribution in [0.2, 0.25) is 0 Å². The van der Waals surface area contributed by atoms with Crippen molar-refractivity contribution in [1.29, 1.82) is 0 Å². The molecule has 0 bridgehead atoms. The topological polar surface area (TPSA) is 52.0 Å². The highest BCUT2D eigenvalue weighted by molar-refractivity contribution is 9.10. The van der Waals surface area contributed by atoms with Crippen molar-refractivity contribution >= 4 is 28.3 Å². The Kier molecular flexibility index (Phi) is 7.18. The maximum absolute atomic E-state index is 6.05. The maximum atomic E-state index is 6.05. The largest absolute Gasteiger partial charge is 0.330 e. The zero-order valence-electron chi connectivity index (χ0n) is 8.87. The van der Waals surface area contributed by atoms with Crippen molar-refractivity contribution in [2.24, 2.45) is 11.5 Å². The van der Waals surface area contributed by atoms with Crippen LogP contribution in [0.15, 0.2) is 22.7 Å². The van der Waals surface area contributed by atoms with E-state index >= 15 is 0 Å². The molecule has 0 aliphatic carbocycles. The summed E-state index contributed by atoms with van der Waals surface area (Å²) in [5, 5.41) is 0. The van der Waals surface area contributed by atoms with Crippen molar-refractivity contribution in [1.82, 2.24) is 0 Å². The molecule has 1 aromatic carbocycles. The van der Waals surface area contributed by atoms with Gasteiger partial charge in [-0.3, -0.25) is 0 Å². The first kappa shape index (κ1) is 14.9. The van der Waals surface area contributed by atoms with Gasteiger partial charge < -0.3 is 11.5 Å². The SMILES string of the molecule is Cc1ccc([C@H](N)CCCN)c(Br)c1.Cl. The van der Waals surface area contributed by atoms with E-state index in [-0.39, 0.29) is 18.4 Å². The summed E-state index contributed by atoms with van der Waals surface area (Å²) in [4.78, 5) is 0. The maximum Gasteiger partial charge on any atom is 0.0306 e. The predicted octanol–water partition coefficient (Wildman–Crippen LogP) is 2.92. The van der Waals surface area contributed by atoms with Crippen molar-refractivity contribution < 1.29 is 0 Å². The highest BCUT2D eigenvalue weighted by Gasteiger charge is 2.08. The molecule has 0 aliphatic rings. The van der Waals surface area contributed by atoms with Crippen LogP contribution >= 0.6 is 28.3 Å². The lowest BCUT2D eigenvalue weighted by molar-refractivity contribution is 0.616. The summed E-state index contributed by atoms with van der Waals surface area (Å²) in [5.74, 6) is 0. The monoisotopic (exact) mass is 292 g/mol. The minimum atomic E-state index is 0. The molecule has 1 rings (SSSR count). The Morgan fingerprint density at radius 2 is 2.07 bits per heavy atom. The second-order valence-corrected chi connectivity index (χ2v) is 4.42. The zero-order chi connectivity index (χ0) is 10.6. The Labute approximate surface area is 106 Å². The van der Waals surface area contributed by atoms with Crippen LogP contribution in [0.1, 0.15) is 30.0 Å². The van der Waals surface area contributed by atoms with Gasteiger partial charge in [0.15, 0.2) is 0 Å². The smallest absolute Gasteiger partial charge is 0.0306 e. The second kappa shape index (κ2) is 7.23. The molecule has 2 nitrogen and oxygen atoms in total. The van der Waals surface area contributed by atoms with Gasteiger partial charge in [0.2, 0.25) is 0 Å². The van der Waals surface area contributed by atoms with Gasteiger partial charge in [0.1, 0.15) is 0 Å². The van der Waals surface area contributed by atoms with E-state index in [1.54, 1.807) is 0 Å². The van der Waals surface area contributed by atoms with E-state index in [1.807, 2.05) is 0 Å². The minimum Gasteiger partial charge on any atom is -0.330 e. The lowest BCUT2D eigenvalue weighted by Crippen LogP contribution is -2.13. The molecule has 0 aliphatic heterocycles. The molecule has 0 saturated carbocycles. The summed E-state index contributed by atoms with van der Waals surface area (Å²) in [5.41, 5.74) is 13.9. The molecular formula is C11H18BrClN2. The highest BCUT2D eigenvalue weighted by Crippen LogP contribution is 2.25. The fourth-order valence-electron chi connectivity index (χ4n) is 1.43. The first-order valence-corrected chi connectivity index (χ1v) is 5.66. The van der Waals surface area contributed by atoms with Crippen LogP contribution in [0.4, 0.5) is 0 Å². The molecule has 86 valence electrons. The van der Waals surface area contributed by atoms with Crippen molar-refractivity contribution in [2.75, 3.05) is 6.54 Å². The Bertz CT molecular complexity index is 305. The third kappa shape index (κ3) is 4.51. The number of rotatable bonds is 4. The van der Waals surface area contributed by atoms with E-state index in [2.05, 4.69) is 41.1 Å². The van der Waals surface area contributed by atoms with Crippen LogP contribution in [0.25, 0.3) is 0 Å². The number of halogens is 2. The molecule has 4 N–H and O–H groups in total. The summed E-state index contributed by atoms with van der Waals surface area (Å²) < 4.78 is 1.10. The van der Waals surface area contributed by atoms with Gasteiger partial charge in [0.05, 0.1) is 0 Å². The van der Waals surface area contributed by atoms with Gasteiger partial charge in [-0.1, -0.05) is 28.1 Å². The molecule has 1 atom stereocenters. The number of benzene rings is 1. The Balaban J connectivity index is 0.00000196. The average Bonchev–Trinajstić information content (AvgIpc) is 2.14. The molecule has 0 aromatic heterocycles. The third-order valence-electron chi connectivity index (χ3n) is 2.27. The number of nitrogens with two attached hydrogens (primary N) is 2. The average molecular weight is 294 g/mol. The summed E-state index contributed by atoms with van der Waals surface area (Å²) >= 11 is 3.53. The van der Waals surface area contributed by atoms with Gasteiger partial charge in [-0.05, 0) is 43.5 Å².